The molecule has 1 heterocycles. The van der Waals surface area contributed by atoms with Crippen LogP contribution in [0.4, 0.5) is 5.82 Å². The fraction of sp³-hybridized carbons (Fsp3) is 0.571. The van der Waals surface area contributed by atoms with Crippen molar-refractivity contribution in [1.82, 2.24) is 10.3 Å². The number of hydrogen-bond acceptors (Lipinski definition) is 5. The lowest BCUT2D eigenvalue weighted by atomic mass is 10.3. The summed E-state index contributed by atoms with van der Waals surface area (Å²) in [6, 6.07) is 0. The first-order chi connectivity index (χ1) is 6.25. The number of amidine groups is 1. The molecule has 1 aromatic heterocycles. The van der Waals surface area contributed by atoms with Gasteiger partial charge in [0.05, 0.1) is 0 Å². The maximum Gasteiger partial charge on any atom is 0.199 e. The predicted octanol–water partition coefficient (Wildman–Crippen LogP) is 0.157. The summed E-state index contributed by atoms with van der Waals surface area (Å²) in [6.45, 7) is 2.76. The Kier molecular flexibility index (Phi) is 3.24. The largest absolute Gasteiger partial charge is 0.382 e. The van der Waals surface area contributed by atoms with Gasteiger partial charge in [-0.3, -0.25) is 4.99 Å². The molecule has 72 valence electrons. The molecule has 1 rings (SSSR count). The van der Waals surface area contributed by atoms with Gasteiger partial charge in [-0.2, -0.15) is 0 Å². The summed E-state index contributed by atoms with van der Waals surface area (Å²) in [5.74, 6) is 0.463. The zero-order valence-electron chi connectivity index (χ0n) is 7.53. The molecular formula is C7H13N5O. The van der Waals surface area contributed by atoms with Crippen LogP contribution in [0.3, 0.4) is 0 Å². The quantitative estimate of drug-likeness (QED) is 0.393. The summed E-state index contributed by atoms with van der Waals surface area (Å²) >= 11 is 0. The standard InChI is InChI=1S/C7H13N5O/c1-2-3-4-10-6(8)5-7(9)12-13-11-5/h2-4H2,1H3,(H2,8,10)(H2,9,12). The third kappa shape index (κ3) is 2.43. The van der Waals surface area contributed by atoms with E-state index in [1.807, 2.05) is 0 Å². The van der Waals surface area contributed by atoms with Gasteiger partial charge >= 0.3 is 0 Å². The normalized spacial score (nSPS) is 11.9. The highest BCUT2D eigenvalue weighted by Gasteiger charge is 2.09. The Hall–Kier alpha value is -1.59. The Morgan fingerprint density at radius 1 is 1.54 bits per heavy atom. The molecule has 0 bridgehead atoms. The average Bonchev–Trinajstić information content (AvgIpc) is 2.52. The molecule has 13 heavy (non-hydrogen) atoms. The molecule has 0 spiro atoms. The van der Waals surface area contributed by atoms with Crippen LogP contribution in [0.15, 0.2) is 9.62 Å². The fourth-order valence-electron chi connectivity index (χ4n) is 0.806. The van der Waals surface area contributed by atoms with E-state index in [-0.39, 0.29) is 11.7 Å². The topological polar surface area (TPSA) is 103 Å². The van der Waals surface area contributed by atoms with Crippen LogP contribution >= 0.6 is 0 Å². The second-order valence-electron chi connectivity index (χ2n) is 2.62. The Morgan fingerprint density at radius 2 is 2.31 bits per heavy atom. The van der Waals surface area contributed by atoms with Crippen LogP contribution in [0, 0.1) is 0 Å². The SMILES string of the molecule is CCCCN=C(N)c1nonc1N. The van der Waals surface area contributed by atoms with Crippen molar-refractivity contribution in [2.45, 2.75) is 19.8 Å². The Labute approximate surface area is 76.0 Å². The van der Waals surface area contributed by atoms with Gasteiger partial charge in [-0.25, -0.2) is 4.63 Å². The Bertz CT molecular complexity index is 293. The van der Waals surface area contributed by atoms with Gasteiger partial charge in [-0.05, 0) is 16.7 Å². The molecule has 0 aliphatic rings. The van der Waals surface area contributed by atoms with Gasteiger partial charge in [0, 0.05) is 6.54 Å². The van der Waals surface area contributed by atoms with E-state index in [0.29, 0.717) is 12.2 Å². The third-order valence-corrected chi connectivity index (χ3v) is 1.55. The molecule has 0 radical (unpaired) electrons. The first-order valence-corrected chi connectivity index (χ1v) is 4.14. The molecule has 0 aromatic carbocycles. The van der Waals surface area contributed by atoms with Crippen molar-refractivity contribution >= 4 is 11.7 Å². The lowest BCUT2D eigenvalue weighted by Crippen LogP contribution is -2.16. The van der Waals surface area contributed by atoms with E-state index in [4.69, 9.17) is 11.5 Å². The molecular weight excluding hydrogens is 170 g/mol. The van der Waals surface area contributed by atoms with E-state index >= 15 is 0 Å². The molecule has 0 atom stereocenters. The van der Waals surface area contributed by atoms with Crippen LogP contribution in [0.5, 0.6) is 0 Å². The summed E-state index contributed by atoms with van der Waals surface area (Å²) in [4.78, 5) is 4.07. The Balaban J connectivity index is 2.62. The van der Waals surface area contributed by atoms with Crippen molar-refractivity contribution in [1.29, 1.82) is 0 Å². The number of nitrogen functional groups attached to an aromatic ring is 1. The minimum Gasteiger partial charge on any atom is -0.382 e. The summed E-state index contributed by atoms with van der Waals surface area (Å²) in [5, 5.41) is 6.92. The summed E-state index contributed by atoms with van der Waals surface area (Å²) in [7, 11) is 0. The maximum atomic E-state index is 5.59. The summed E-state index contributed by atoms with van der Waals surface area (Å²) in [5.41, 5.74) is 11.3. The zero-order valence-corrected chi connectivity index (χ0v) is 7.53. The highest BCUT2D eigenvalue weighted by Crippen LogP contribution is 2.03. The van der Waals surface area contributed by atoms with Gasteiger partial charge in [-0.1, -0.05) is 13.3 Å². The molecule has 6 heteroatoms. The van der Waals surface area contributed by atoms with Crippen LogP contribution in [0.2, 0.25) is 0 Å². The van der Waals surface area contributed by atoms with Crippen LogP contribution in [0.25, 0.3) is 0 Å². The maximum absolute atomic E-state index is 5.59. The summed E-state index contributed by atoms with van der Waals surface area (Å²) in [6.07, 6.45) is 2.06. The number of hydrogen-bond donors (Lipinski definition) is 2. The van der Waals surface area contributed by atoms with E-state index in [1.165, 1.54) is 0 Å². The number of rotatable bonds is 4. The molecule has 0 aliphatic heterocycles. The summed E-state index contributed by atoms with van der Waals surface area (Å²) < 4.78 is 4.39. The number of nitrogens with two attached hydrogens (primary N) is 2. The van der Waals surface area contributed by atoms with Crippen molar-refractivity contribution in [3.05, 3.63) is 5.69 Å². The predicted molar refractivity (Wildman–Crippen MR) is 49.2 cm³/mol. The van der Waals surface area contributed by atoms with Crippen LogP contribution in [-0.4, -0.2) is 22.7 Å². The monoisotopic (exact) mass is 183 g/mol. The van der Waals surface area contributed by atoms with Crippen LogP contribution in [0.1, 0.15) is 25.5 Å². The van der Waals surface area contributed by atoms with Crippen LogP contribution in [-0.2, 0) is 0 Å². The van der Waals surface area contributed by atoms with Crippen molar-refractivity contribution in [3.63, 3.8) is 0 Å². The first-order valence-electron chi connectivity index (χ1n) is 4.14. The van der Waals surface area contributed by atoms with Crippen molar-refractivity contribution < 1.29 is 4.63 Å². The van der Waals surface area contributed by atoms with Gasteiger partial charge in [-0.15, -0.1) is 0 Å². The second kappa shape index (κ2) is 4.44. The van der Waals surface area contributed by atoms with Gasteiger partial charge in [0.25, 0.3) is 0 Å². The number of anilines is 1. The average molecular weight is 183 g/mol. The number of unbranched alkanes of at least 4 members (excludes halogenated alkanes) is 1. The van der Waals surface area contributed by atoms with Gasteiger partial charge < -0.3 is 11.5 Å². The lowest BCUT2D eigenvalue weighted by Gasteiger charge is -1.94. The Morgan fingerprint density at radius 3 is 2.85 bits per heavy atom. The van der Waals surface area contributed by atoms with Crippen molar-refractivity contribution in [2.24, 2.45) is 10.7 Å². The second-order valence-corrected chi connectivity index (χ2v) is 2.62. The molecule has 0 amide bonds. The van der Waals surface area contributed by atoms with E-state index in [1.54, 1.807) is 0 Å². The molecule has 0 unspecified atom stereocenters. The molecule has 0 saturated carbocycles. The molecule has 1 aromatic rings. The third-order valence-electron chi connectivity index (χ3n) is 1.55. The zero-order chi connectivity index (χ0) is 9.68. The first kappa shape index (κ1) is 9.50. The van der Waals surface area contributed by atoms with Gasteiger partial charge in [0.15, 0.2) is 17.3 Å². The lowest BCUT2D eigenvalue weighted by molar-refractivity contribution is 0.308. The molecule has 0 saturated heterocycles. The fourth-order valence-corrected chi connectivity index (χ4v) is 0.806. The van der Waals surface area contributed by atoms with Gasteiger partial charge in [0.1, 0.15) is 0 Å². The molecule has 0 fully saturated rings. The van der Waals surface area contributed by atoms with E-state index < -0.39 is 0 Å². The van der Waals surface area contributed by atoms with E-state index in [9.17, 15) is 0 Å². The highest BCUT2D eigenvalue weighted by molar-refractivity contribution is 5.99. The number of aliphatic imine (C=N–C) groups is 1. The van der Waals surface area contributed by atoms with E-state index in [0.717, 1.165) is 12.8 Å². The number of aromatic nitrogens is 2. The number of nitrogens with zero attached hydrogens (tertiary/aromatic N) is 3. The minimum atomic E-state index is 0.178. The highest BCUT2D eigenvalue weighted by atomic mass is 16.6. The smallest absolute Gasteiger partial charge is 0.199 e. The molecule has 0 aliphatic carbocycles. The van der Waals surface area contributed by atoms with Crippen LogP contribution < -0.4 is 11.5 Å². The van der Waals surface area contributed by atoms with Gasteiger partial charge in [0.2, 0.25) is 0 Å². The van der Waals surface area contributed by atoms with E-state index in [2.05, 4.69) is 26.9 Å². The van der Waals surface area contributed by atoms with Crippen molar-refractivity contribution in [2.75, 3.05) is 12.3 Å². The van der Waals surface area contributed by atoms with Crippen molar-refractivity contribution in [3.8, 4) is 0 Å². The minimum absolute atomic E-state index is 0.178. The molecule has 4 N–H and O–H groups in total. The molecule has 6 nitrogen and oxygen atoms in total.